The van der Waals surface area contributed by atoms with Crippen molar-refractivity contribution in [2.45, 2.75) is 31.8 Å². The van der Waals surface area contributed by atoms with Crippen LogP contribution in [0.2, 0.25) is 0 Å². The van der Waals surface area contributed by atoms with Crippen molar-refractivity contribution in [3.05, 3.63) is 0 Å². The Hall–Kier alpha value is -0.0800. The van der Waals surface area contributed by atoms with Crippen LogP contribution in [-0.2, 0) is 4.74 Å². The molecule has 2 heteroatoms. The molecule has 1 aliphatic carbocycles. The predicted molar refractivity (Wildman–Crippen MR) is 37.7 cm³/mol. The maximum Gasteiger partial charge on any atom is 0.0547 e. The van der Waals surface area contributed by atoms with Crippen molar-refractivity contribution >= 4 is 0 Å². The molecule has 2 nitrogen and oxygen atoms in total. The average Bonchev–Trinajstić information content (AvgIpc) is 1.85. The van der Waals surface area contributed by atoms with Crippen molar-refractivity contribution in [2.24, 2.45) is 5.41 Å². The number of hydrogen-bond acceptors (Lipinski definition) is 2. The SMILES string of the molecule is O[C@H]1CCCC2(COC2)C1. The van der Waals surface area contributed by atoms with E-state index in [4.69, 9.17) is 4.74 Å². The van der Waals surface area contributed by atoms with Crippen molar-refractivity contribution in [1.82, 2.24) is 0 Å². The zero-order valence-electron chi connectivity index (χ0n) is 6.18. The second-order valence-electron chi connectivity index (χ2n) is 3.74. The lowest BCUT2D eigenvalue weighted by Crippen LogP contribution is -2.47. The van der Waals surface area contributed by atoms with E-state index in [2.05, 4.69) is 0 Å². The van der Waals surface area contributed by atoms with Gasteiger partial charge in [-0.05, 0) is 19.3 Å². The Morgan fingerprint density at radius 3 is 2.60 bits per heavy atom. The van der Waals surface area contributed by atoms with Crippen LogP contribution in [0.1, 0.15) is 25.7 Å². The van der Waals surface area contributed by atoms with Gasteiger partial charge in [0, 0.05) is 5.41 Å². The second-order valence-corrected chi connectivity index (χ2v) is 3.74. The zero-order chi connectivity index (χ0) is 7.03. The van der Waals surface area contributed by atoms with Gasteiger partial charge in [0.2, 0.25) is 0 Å². The highest BCUT2D eigenvalue weighted by molar-refractivity contribution is 4.90. The van der Waals surface area contributed by atoms with Crippen molar-refractivity contribution in [3.63, 3.8) is 0 Å². The summed E-state index contributed by atoms with van der Waals surface area (Å²) in [5.41, 5.74) is 0.400. The van der Waals surface area contributed by atoms with Gasteiger partial charge >= 0.3 is 0 Å². The summed E-state index contributed by atoms with van der Waals surface area (Å²) in [7, 11) is 0. The molecule has 1 atom stereocenters. The molecule has 1 heterocycles. The van der Waals surface area contributed by atoms with E-state index in [9.17, 15) is 5.11 Å². The van der Waals surface area contributed by atoms with Gasteiger partial charge in [-0.2, -0.15) is 0 Å². The van der Waals surface area contributed by atoms with Crippen LogP contribution in [0, 0.1) is 5.41 Å². The number of rotatable bonds is 0. The Kier molecular flexibility index (Phi) is 1.46. The first kappa shape index (κ1) is 6.62. The van der Waals surface area contributed by atoms with Crippen LogP contribution in [-0.4, -0.2) is 24.4 Å². The Labute approximate surface area is 61.2 Å². The number of ether oxygens (including phenoxy) is 1. The third-order valence-electron chi connectivity index (χ3n) is 2.73. The molecule has 58 valence electrons. The standard InChI is InChI=1S/C8H14O2/c9-7-2-1-3-8(4-7)5-10-6-8/h7,9H,1-6H2/t7-/m0/s1. The van der Waals surface area contributed by atoms with E-state index >= 15 is 0 Å². The fourth-order valence-electron chi connectivity index (χ4n) is 2.07. The zero-order valence-corrected chi connectivity index (χ0v) is 6.18. The number of aliphatic hydroxyl groups is 1. The molecular formula is C8H14O2. The molecule has 2 aliphatic rings. The molecule has 2 rings (SSSR count). The summed E-state index contributed by atoms with van der Waals surface area (Å²) in [6.45, 7) is 1.79. The predicted octanol–water partition coefficient (Wildman–Crippen LogP) is 0.938. The van der Waals surface area contributed by atoms with Crippen LogP contribution in [0.25, 0.3) is 0 Å². The van der Waals surface area contributed by atoms with E-state index in [1.54, 1.807) is 0 Å². The minimum absolute atomic E-state index is 0.0438. The van der Waals surface area contributed by atoms with Crippen LogP contribution in [0.4, 0.5) is 0 Å². The first-order valence-corrected chi connectivity index (χ1v) is 4.07. The van der Waals surface area contributed by atoms with Crippen molar-refractivity contribution < 1.29 is 9.84 Å². The normalized spacial score (nSPS) is 37.5. The molecule has 0 amide bonds. The van der Waals surface area contributed by atoms with Gasteiger partial charge in [0.1, 0.15) is 0 Å². The molecule has 0 aromatic heterocycles. The lowest BCUT2D eigenvalue weighted by atomic mass is 9.71. The second kappa shape index (κ2) is 2.21. The van der Waals surface area contributed by atoms with Crippen LogP contribution in [0.3, 0.4) is 0 Å². The Morgan fingerprint density at radius 1 is 1.40 bits per heavy atom. The molecule has 0 unspecified atom stereocenters. The molecular weight excluding hydrogens is 128 g/mol. The van der Waals surface area contributed by atoms with E-state index in [1.165, 1.54) is 12.8 Å². The van der Waals surface area contributed by atoms with Crippen LogP contribution in [0.15, 0.2) is 0 Å². The molecule has 1 saturated carbocycles. The summed E-state index contributed by atoms with van der Waals surface area (Å²) in [6.07, 6.45) is 4.39. The summed E-state index contributed by atoms with van der Waals surface area (Å²) in [6, 6.07) is 0. The lowest BCUT2D eigenvalue weighted by molar-refractivity contribution is -0.149. The van der Waals surface area contributed by atoms with Crippen molar-refractivity contribution in [1.29, 1.82) is 0 Å². The van der Waals surface area contributed by atoms with E-state index in [0.717, 1.165) is 26.1 Å². The third kappa shape index (κ3) is 0.956. The Balaban J connectivity index is 1.96. The van der Waals surface area contributed by atoms with Crippen molar-refractivity contribution in [2.75, 3.05) is 13.2 Å². The van der Waals surface area contributed by atoms with Gasteiger partial charge < -0.3 is 9.84 Å². The van der Waals surface area contributed by atoms with Crippen LogP contribution in [0.5, 0.6) is 0 Å². The van der Waals surface area contributed by atoms with Gasteiger partial charge in [0.25, 0.3) is 0 Å². The van der Waals surface area contributed by atoms with E-state index < -0.39 is 0 Å². The maximum absolute atomic E-state index is 9.35. The molecule has 0 bridgehead atoms. The molecule has 0 aromatic rings. The minimum Gasteiger partial charge on any atom is -0.393 e. The first-order chi connectivity index (χ1) is 4.81. The maximum atomic E-state index is 9.35. The van der Waals surface area contributed by atoms with E-state index in [1.807, 2.05) is 0 Å². The highest BCUT2D eigenvalue weighted by Crippen LogP contribution is 2.41. The van der Waals surface area contributed by atoms with Gasteiger partial charge in [0.15, 0.2) is 0 Å². The molecule has 1 spiro atoms. The van der Waals surface area contributed by atoms with Gasteiger partial charge in [-0.3, -0.25) is 0 Å². The fraction of sp³-hybridized carbons (Fsp3) is 1.00. The summed E-state index contributed by atoms with van der Waals surface area (Å²) >= 11 is 0. The topological polar surface area (TPSA) is 29.5 Å². The number of aliphatic hydroxyl groups excluding tert-OH is 1. The average molecular weight is 142 g/mol. The molecule has 0 radical (unpaired) electrons. The smallest absolute Gasteiger partial charge is 0.0547 e. The Bertz CT molecular complexity index is 129. The highest BCUT2D eigenvalue weighted by atomic mass is 16.5. The first-order valence-electron chi connectivity index (χ1n) is 4.07. The van der Waals surface area contributed by atoms with Gasteiger partial charge in [-0.1, -0.05) is 6.42 Å². The highest BCUT2D eigenvalue weighted by Gasteiger charge is 2.41. The molecule has 1 aliphatic heterocycles. The van der Waals surface area contributed by atoms with Gasteiger partial charge in [-0.25, -0.2) is 0 Å². The molecule has 1 N–H and O–H groups in total. The minimum atomic E-state index is -0.0438. The largest absolute Gasteiger partial charge is 0.393 e. The molecule has 10 heavy (non-hydrogen) atoms. The van der Waals surface area contributed by atoms with E-state index in [-0.39, 0.29) is 6.10 Å². The third-order valence-corrected chi connectivity index (χ3v) is 2.73. The monoisotopic (exact) mass is 142 g/mol. The van der Waals surface area contributed by atoms with Gasteiger partial charge in [-0.15, -0.1) is 0 Å². The summed E-state index contributed by atoms with van der Waals surface area (Å²) in [5, 5.41) is 9.35. The summed E-state index contributed by atoms with van der Waals surface area (Å²) in [5.74, 6) is 0. The fourth-order valence-corrected chi connectivity index (χ4v) is 2.07. The summed E-state index contributed by atoms with van der Waals surface area (Å²) in [4.78, 5) is 0. The van der Waals surface area contributed by atoms with Gasteiger partial charge in [0.05, 0.1) is 19.3 Å². The molecule has 1 saturated heterocycles. The molecule has 0 aromatic carbocycles. The van der Waals surface area contributed by atoms with E-state index in [0.29, 0.717) is 5.41 Å². The Morgan fingerprint density at radius 2 is 2.20 bits per heavy atom. The van der Waals surface area contributed by atoms with Crippen LogP contribution < -0.4 is 0 Å². The summed E-state index contributed by atoms with van der Waals surface area (Å²) < 4.78 is 5.15. The number of hydrogen-bond donors (Lipinski definition) is 1. The van der Waals surface area contributed by atoms with Crippen molar-refractivity contribution in [3.8, 4) is 0 Å². The quantitative estimate of drug-likeness (QED) is 0.545. The molecule has 2 fully saturated rings. The van der Waals surface area contributed by atoms with Crippen LogP contribution >= 0.6 is 0 Å². The lowest BCUT2D eigenvalue weighted by Gasteiger charge is -2.45.